The third-order valence-electron chi connectivity index (χ3n) is 3.80. The lowest BCUT2D eigenvalue weighted by Crippen LogP contribution is -2.34. The summed E-state index contributed by atoms with van der Waals surface area (Å²) in [6.07, 6.45) is -0.583. The zero-order valence-corrected chi connectivity index (χ0v) is 18.2. The van der Waals surface area contributed by atoms with Gasteiger partial charge in [-0.3, -0.25) is 0 Å². The standard InChI is InChI=1S/C19H22FIN2O5/c1-19(2,3)28-18(26)22-5-6-27-15-8-11(20)7-12-13(9-24)16(21)14(10-25)23(4)17(12)15/h7-8,25H,5-6,10H2,1-4H3,(H,22,26). The maximum atomic E-state index is 14.1. The predicted octanol–water partition coefficient (Wildman–Crippen LogP) is 3.03. The van der Waals surface area contributed by atoms with Crippen LogP contribution < -0.4 is 15.0 Å². The van der Waals surface area contributed by atoms with Crippen LogP contribution in [0.4, 0.5) is 14.9 Å². The van der Waals surface area contributed by atoms with E-state index in [-0.39, 0.29) is 31.1 Å². The number of carbonyl (C=O) groups excluding carboxylic acids is 2. The normalized spacial score (nSPS) is 13.8. The molecule has 0 bridgehead atoms. The molecule has 28 heavy (non-hydrogen) atoms. The van der Waals surface area contributed by atoms with Gasteiger partial charge in [-0.2, -0.15) is 0 Å². The Morgan fingerprint density at radius 2 is 2.07 bits per heavy atom. The van der Waals surface area contributed by atoms with Crippen LogP contribution in [-0.2, 0) is 9.53 Å². The Balaban J connectivity index is 2.21. The van der Waals surface area contributed by atoms with Crippen LogP contribution in [0.3, 0.4) is 0 Å². The van der Waals surface area contributed by atoms with Gasteiger partial charge in [-0.15, -0.1) is 0 Å². The van der Waals surface area contributed by atoms with Gasteiger partial charge in [0.15, 0.2) is 0 Å². The number of hydrogen-bond acceptors (Lipinski definition) is 6. The SMILES string of the molecule is CN1C(CO)=C(I)C(=C=O)c2cc(F)cc(OCCNC(=O)OC(C)(C)C)c21. The summed E-state index contributed by atoms with van der Waals surface area (Å²) in [5.41, 5.74) is 0.802. The first-order chi connectivity index (χ1) is 13.1. The largest absolute Gasteiger partial charge is 0.489 e. The molecule has 2 N–H and O–H groups in total. The van der Waals surface area contributed by atoms with Gasteiger partial charge >= 0.3 is 6.09 Å². The molecule has 1 aromatic rings. The molecular weight excluding hydrogens is 482 g/mol. The minimum absolute atomic E-state index is 0.0539. The van der Waals surface area contributed by atoms with E-state index in [0.29, 0.717) is 20.5 Å². The molecule has 1 amide bonds. The van der Waals surface area contributed by atoms with E-state index in [9.17, 15) is 19.1 Å². The number of alkyl carbamates (subject to hydrolysis) is 1. The van der Waals surface area contributed by atoms with Gasteiger partial charge in [-0.25, -0.2) is 14.0 Å². The highest BCUT2D eigenvalue weighted by molar-refractivity contribution is 14.1. The first-order valence-corrected chi connectivity index (χ1v) is 9.59. The molecule has 0 atom stereocenters. The molecule has 2 rings (SSSR count). The first kappa shape index (κ1) is 22.2. The second-order valence-electron chi connectivity index (χ2n) is 7.03. The Morgan fingerprint density at radius 1 is 1.39 bits per heavy atom. The molecule has 0 saturated carbocycles. The molecule has 152 valence electrons. The minimum atomic E-state index is -0.614. The lowest BCUT2D eigenvalue weighted by Gasteiger charge is -2.32. The van der Waals surface area contributed by atoms with Gasteiger partial charge in [0.2, 0.25) is 0 Å². The van der Waals surface area contributed by atoms with Crippen molar-refractivity contribution in [3.63, 3.8) is 0 Å². The average molecular weight is 504 g/mol. The van der Waals surface area contributed by atoms with Crippen molar-refractivity contribution in [1.29, 1.82) is 0 Å². The highest BCUT2D eigenvalue weighted by atomic mass is 127. The molecular formula is C19H22FIN2O5. The van der Waals surface area contributed by atoms with Gasteiger partial charge in [0.1, 0.15) is 29.7 Å². The molecule has 1 aliphatic rings. The quantitative estimate of drug-likeness (QED) is 0.364. The Kier molecular flexibility index (Phi) is 7.08. The lowest BCUT2D eigenvalue weighted by molar-refractivity contribution is 0.0520. The number of aliphatic hydroxyl groups is 1. The maximum Gasteiger partial charge on any atom is 0.407 e. The zero-order valence-electron chi connectivity index (χ0n) is 16.1. The summed E-state index contributed by atoms with van der Waals surface area (Å²) in [5.74, 6) is 1.43. The smallest absolute Gasteiger partial charge is 0.407 e. The predicted molar refractivity (Wildman–Crippen MR) is 112 cm³/mol. The monoisotopic (exact) mass is 504 g/mol. The number of amides is 1. The number of nitrogens with zero attached hydrogens (tertiary/aromatic N) is 1. The number of ether oxygens (including phenoxy) is 2. The molecule has 9 heteroatoms. The van der Waals surface area contributed by atoms with Crippen LogP contribution in [-0.4, -0.2) is 49.5 Å². The van der Waals surface area contributed by atoms with Crippen molar-refractivity contribution in [2.24, 2.45) is 0 Å². The van der Waals surface area contributed by atoms with E-state index >= 15 is 0 Å². The number of allylic oxidation sites excluding steroid dienone is 2. The number of benzene rings is 1. The Bertz CT molecular complexity index is 857. The fourth-order valence-corrected chi connectivity index (χ4v) is 3.60. The minimum Gasteiger partial charge on any atom is -0.489 e. The van der Waals surface area contributed by atoms with Gasteiger partial charge in [0.25, 0.3) is 0 Å². The fraction of sp³-hybridized carbons (Fsp3) is 0.421. The van der Waals surface area contributed by atoms with Crippen LogP contribution in [0.5, 0.6) is 5.75 Å². The van der Waals surface area contributed by atoms with Crippen LogP contribution in [0.1, 0.15) is 26.3 Å². The van der Waals surface area contributed by atoms with Crippen molar-refractivity contribution in [3.8, 4) is 5.75 Å². The third-order valence-corrected chi connectivity index (χ3v) is 4.96. The van der Waals surface area contributed by atoms with Crippen molar-refractivity contribution in [3.05, 3.63) is 32.8 Å². The third kappa shape index (κ3) is 5.03. The van der Waals surface area contributed by atoms with Crippen LogP contribution in [0.15, 0.2) is 21.4 Å². The summed E-state index contributed by atoms with van der Waals surface area (Å²) in [5, 5.41) is 12.2. The molecule has 0 unspecified atom stereocenters. The number of rotatable bonds is 5. The number of nitrogens with one attached hydrogen (secondary N) is 1. The van der Waals surface area contributed by atoms with Crippen LogP contribution in [0, 0.1) is 5.82 Å². The van der Waals surface area contributed by atoms with Crippen molar-refractivity contribution >= 4 is 45.9 Å². The van der Waals surface area contributed by atoms with E-state index < -0.39 is 17.5 Å². The number of likely N-dealkylation sites (N-methyl/N-ethyl adjacent to an activating group) is 1. The Hall–Kier alpha value is -2.10. The second-order valence-corrected chi connectivity index (χ2v) is 8.11. The molecule has 0 radical (unpaired) electrons. The number of aliphatic hydroxyl groups excluding tert-OH is 1. The summed E-state index contributed by atoms with van der Waals surface area (Å²) in [4.78, 5) is 24.8. The molecule has 1 aliphatic heterocycles. The molecule has 0 fully saturated rings. The highest BCUT2D eigenvalue weighted by Crippen LogP contribution is 2.46. The maximum absolute atomic E-state index is 14.1. The van der Waals surface area contributed by atoms with E-state index in [2.05, 4.69) is 5.32 Å². The fourth-order valence-electron chi connectivity index (χ4n) is 2.67. The van der Waals surface area contributed by atoms with Crippen LogP contribution >= 0.6 is 22.6 Å². The Labute approximate surface area is 176 Å². The molecule has 0 aromatic heterocycles. The summed E-state index contributed by atoms with van der Waals surface area (Å²) in [7, 11) is 1.69. The van der Waals surface area contributed by atoms with Gasteiger partial charge in [0, 0.05) is 18.7 Å². The highest BCUT2D eigenvalue weighted by Gasteiger charge is 2.30. The lowest BCUT2D eigenvalue weighted by atomic mass is 9.98. The molecule has 1 heterocycles. The van der Waals surface area contributed by atoms with Crippen molar-refractivity contribution < 1.29 is 28.6 Å². The molecule has 1 aromatic carbocycles. The summed E-state index contributed by atoms with van der Waals surface area (Å²) >= 11 is 1.92. The molecule has 0 aliphatic carbocycles. The topological polar surface area (TPSA) is 88.1 Å². The van der Waals surface area contributed by atoms with Gasteiger partial charge < -0.3 is 24.8 Å². The number of fused-ring (bicyclic) bond motifs is 1. The van der Waals surface area contributed by atoms with E-state index in [1.165, 1.54) is 12.1 Å². The Morgan fingerprint density at radius 3 is 2.64 bits per heavy atom. The molecule has 7 nitrogen and oxygen atoms in total. The number of halogens is 2. The van der Waals surface area contributed by atoms with E-state index in [4.69, 9.17) is 9.47 Å². The summed E-state index contributed by atoms with van der Waals surface area (Å²) in [6, 6.07) is 2.42. The number of hydrogen-bond donors (Lipinski definition) is 2. The summed E-state index contributed by atoms with van der Waals surface area (Å²) < 4.78 is 25.4. The van der Waals surface area contributed by atoms with Crippen LogP contribution in [0.25, 0.3) is 5.57 Å². The first-order valence-electron chi connectivity index (χ1n) is 8.51. The van der Waals surface area contributed by atoms with Crippen molar-refractivity contribution in [1.82, 2.24) is 5.32 Å². The second kappa shape index (κ2) is 8.93. The van der Waals surface area contributed by atoms with Crippen molar-refractivity contribution in [2.75, 3.05) is 31.7 Å². The van der Waals surface area contributed by atoms with E-state index in [1.807, 2.05) is 28.5 Å². The zero-order chi connectivity index (χ0) is 21.1. The number of carbonyl (C=O) groups is 1. The van der Waals surface area contributed by atoms with Gasteiger partial charge in [-0.05, 0) is 49.4 Å². The summed E-state index contributed by atoms with van der Waals surface area (Å²) in [6.45, 7) is 5.15. The molecule has 0 spiro atoms. The average Bonchev–Trinajstić information content (AvgIpc) is 2.57. The van der Waals surface area contributed by atoms with Crippen LogP contribution in [0.2, 0.25) is 0 Å². The van der Waals surface area contributed by atoms with Gasteiger partial charge in [0.05, 0.1) is 33.7 Å². The van der Waals surface area contributed by atoms with Crippen molar-refractivity contribution in [2.45, 2.75) is 26.4 Å². The number of anilines is 1. The van der Waals surface area contributed by atoms with E-state index in [1.54, 1.807) is 32.7 Å². The van der Waals surface area contributed by atoms with E-state index in [0.717, 1.165) is 0 Å². The van der Waals surface area contributed by atoms with Gasteiger partial charge in [-0.1, -0.05) is 0 Å². The molecule has 0 saturated heterocycles.